The van der Waals surface area contributed by atoms with Crippen molar-refractivity contribution >= 4 is 5.91 Å². The van der Waals surface area contributed by atoms with Crippen molar-refractivity contribution < 1.29 is 9.18 Å². The van der Waals surface area contributed by atoms with E-state index in [2.05, 4.69) is 27.1 Å². The van der Waals surface area contributed by atoms with Crippen molar-refractivity contribution in [3.8, 4) is 11.8 Å². The van der Waals surface area contributed by atoms with Crippen LogP contribution in [0.25, 0.3) is 0 Å². The number of carbonyl (C=O) groups excluding carboxylic acids is 1. The smallest absolute Gasteiger partial charge is 0.252 e. The third-order valence-corrected chi connectivity index (χ3v) is 2.75. The van der Waals surface area contributed by atoms with E-state index in [-0.39, 0.29) is 12.5 Å². The molecule has 6 heteroatoms. The van der Waals surface area contributed by atoms with Gasteiger partial charge in [-0.15, -0.1) is 0 Å². The number of nitrogens with one attached hydrogen (secondary N) is 2. The summed E-state index contributed by atoms with van der Waals surface area (Å²) in [5, 5.41) is 2.75. The van der Waals surface area contributed by atoms with E-state index >= 15 is 0 Å². The first kappa shape index (κ1) is 14.8. The Morgan fingerprint density at radius 3 is 3.05 bits per heavy atom. The lowest BCUT2D eigenvalue weighted by molar-refractivity contribution is 0.0953. The van der Waals surface area contributed by atoms with Gasteiger partial charge in [0.25, 0.3) is 5.91 Å². The van der Waals surface area contributed by atoms with E-state index < -0.39 is 5.82 Å². The minimum absolute atomic E-state index is 0.149. The Kier molecular flexibility index (Phi) is 5.07. The molecule has 1 amide bonds. The van der Waals surface area contributed by atoms with Gasteiger partial charge in [-0.1, -0.05) is 11.8 Å². The number of H-pyrrole nitrogens is 1. The van der Waals surface area contributed by atoms with Crippen LogP contribution < -0.4 is 11.1 Å². The molecule has 0 aliphatic carbocycles. The third kappa shape index (κ3) is 4.16. The summed E-state index contributed by atoms with van der Waals surface area (Å²) in [5.74, 6) is 5.37. The Hall–Kier alpha value is -2.65. The molecule has 0 saturated carbocycles. The predicted octanol–water partition coefficient (Wildman–Crippen LogP) is 0.831. The van der Waals surface area contributed by atoms with E-state index in [1.807, 2.05) is 0 Å². The second kappa shape index (κ2) is 7.22. The molecule has 0 radical (unpaired) electrons. The summed E-state index contributed by atoms with van der Waals surface area (Å²) in [5.41, 5.74) is 5.96. The van der Waals surface area contributed by atoms with Crippen LogP contribution in [0.3, 0.4) is 0 Å². The van der Waals surface area contributed by atoms with Gasteiger partial charge in [0, 0.05) is 30.9 Å². The molecular weight excluding hydrogens is 271 g/mol. The molecular formula is C15H15FN4O. The number of nitrogens with zero attached hydrogens (tertiary/aromatic N) is 1. The quantitative estimate of drug-likeness (QED) is 0.728. The lowest BCUT2D eigenvalue weighted by Crippen LogP contribution is -2.26. The average Bonchev–Trinajstić information content (AvgIpc) is 2.98. The van der Waals surface area contributed by atoms with Crippen molar-refractivity contribution in [1.29, 1.82) is 0 Å². The van der Waals surface area contributed by atoms with Crippen LogP contribution in [0.2, 0.25) is 0 Å². The topological polar surface area (TPSA) is 83.8 Å². The van der Waals surface area contributed by atoms with Gasteiger partial charge >= 0.3 is 0 Å². The molecule has 4 N–H and O–H groups in total. The summed E-state index contributed by atoms with van der Waals surface area (Å²) in [6, 6.07) is 3.87. The van der Waals surface area contributed by atoms with Gasteiger partial charge in [0.15, 0.2) is 0 Å². The molecule has 1 heterocycles. The Morgan fingerprint density at radius 2 is 2.33 bits per heavy atom. The summed E-state index contributed by atoms with van der Waals surface area (Å²) < 4.78 is 13.2. The first-order chi connectivity index (χ1) is 10.2. The van der Waals surface area contributed by atoms with Gasteiger partial charge in [-0.3, -0.25) is 4.79 Å². The molecule has 0 fully saturated rings. The molecule has 2 rings (SSSR count). The van der Waals surface area contributed by atoms with Crippen molar-refractivity contribution in [3.63, 3.8) is 0 Å². The molecule has 0 spiro atoms. The molecule has 108 valence electrons. The molecule has 1 aromatic carbocycles. The van der Waals surface area contributed by atoms with Crippen LogP contribution >= 0.6 is 0 Å². The molecule has 21 heavy (non-hydrogen) atoms. The van der Waals surface area contributed by atoms with Crippen molar-refractivity contribution in [1.82, 2.24) is 15.3 Å². The van der Waals surface area contributed by atoms with Crippen LogP contribution in [0.4, 0.5) is 4.39 Å². The summed E-state index contributed by atoms with van der Waals surface area (Å²) >= 11 is 0. The van der Waals surface area contributed by atoms with Crippen LogP contribution in [0.5, 0.6) is 0 Å². The maximum absolute atomic E-state index is 13.2. The van der Waals surface area contributed by atoms with Crippen LogP contribution in [-0.2, 0) is 6.42 Å². The number of aromatic amines is 1. The number of aromatic nitrogens is 2. The summed E-state index contributed by atoms with van der Waals surface area (Å²) in [4.78, 5) is 19.1. The van der Waals surface area contributed by atoms with E-state index in [1.54, 1.807) is 12.4 Å². The molecule has 1 aromatic heterocycles. The zero-order valence-electron chi connectivity index (χ0n) is 11.3. The number of hydrogen-bond acceptors (Lipinski definition) is 3. The number of rotatable bonds is 4. The number of benzene rings is 1. The van der Waals surface area contributed by atoms with Crippen molar-refractivity contribution in [2.75, 3.05) is 13.1 Å². The van der Waals surface area contributed by atoms with Gasteiger partial charge in [-0.25, -0.2) is 9.37 Å². The molecule has 0 bridgehead atoms. The summed E-state index contributed by atoms with van der Waals surface area (Å²) in [6.07, 6.45) is 3.96. The van der Waals surface area contributed by atoms with Gasteiger partial charge in [-0.05, 0) is 18.2 Å². The second-order valence-electron chi connectivity index (χ2n) is 4.24. The van der Waals surface area contributed by atoms with E-state index in [4.69, 9.17) is 5.73 Å². The number of hydrogen-bond donors (Lipinski definition) is 3. The van der Waals surface area contributed by atoms with Crippen molar-refractivity contribution in [2.45, 2.75) is 6.42 Å². The Labute approximate surface area is 121 Å². The average molecular weight is 286 g/mol. The maximum atomic E-state index is 13.2. The van der Waals surface area contributed by atoms with Crippen LogP contribution in [0.1, 0.15) is 21.7 Å². The first-order valence-corrected chi connectivity index (χ1v) is 6.45. The number of imidazole rings is 1. The molecule has 2 aromatic rings. The molecule has 0 aliphatic rings. The standard InChI is InChI=1S/C15H15FN4O/c16-12-3-4-13(11(10-12)2-1-6-17)15(21)20-7-5-14-18-8-9-19-14/h3-4,8-10H,5-7,17H2,(H,18,19)(H,20,21). The van der Waals surface area contributed by atoms with E-state index in [0.717, 1.165) is 5.82 Å². The largest absolute Gasteiger partial charge is 0.352 e. The lowest BCUT2D eigenvalue weighted by atomic mass is 10.1. The van der Waals surface area contributed by atoms with E-state index in [9.17, 15) is 9.18 Å². The van der Waals surface area contributed by atoms with Crippen LogP contribution in [-0.4, -0.2) is 29.0 Å². The van der Waals surface area contributed by atoms with E-state index in [0.29, 0.717) is 24.1 Å². The minimum Gasteiger partial charge on any atom is -0.352 e. The van der Waals surface area contributed by atoms with E-state index in [1.165, 1.54) is 18.2 Å². The maximum Gasteiger partial charge on any atom is 0.252 e. The monoisotopic (exact) mass is 286 g/mol. The molecule has 0 atom stereocenters. The fourth-order valence-electron chi connectivity index (χ4n) is 1.79. The SMILES string of the molecule is NCC#Cc1cc(F)ccc1C(=O)NCCc1ncc[nH]1. The number of carbonyl (C=O) groups is 1. The summed E-state index contributed by atoms with van der Waals surface area (Å²) in [7, 11) is 0. The van der Waals surface area contributed by atoms with Crippen molar-refractivity contribution in [3.05, 3.63) is 53.4 Å². The Morgan fingerprint density at radius 1 is 1.48 bits per heavy atom. The third-order valence-electron chi connectivity index (χ3n) is 2.75. The highest BCUT2D eigenvalue weighted by Crippen LogP contribution is 2.10. The van der Waals surface area contributed by atoms with Crippen molar-refractivity contribution in [2.24, 2.45) is 5.73 Å². The highest BCUT2D eigenvalue weighted by molar-refractivity contribution is 5.96. The molecule has 0 aliphatic heterocycles. The fraction of sp³-hybridized carbons (Fsp3) is 0.200. The van der Waals surface area contributed by atoms with Gasteiger partial charge in [0.2, 0.25) is 0 Å². The van der Waals surface area contributed by atoms with Gasteiger partial charge < -0.3 is 16.0 Å². The van der Waals surface area contributed by atoms with Gasteiger partial charge in [-0.2, -0.15) is 0 Å². The second-order valence-corrected chi connectivity index (χ2v) is 4.24. The fourth-order valence-corrected chi connectivity index (χ4v) is 1.79. The normalized spacial score (nSPS) is 9.81. The zero-order valence-corrected chi connectivity index (χ0v) is 11.3. The Bertz CT molecular complexity index is 671. The molecule has 0 saturated heterocycles. The minimum atomic E-state index is -0.441. The number of nitrogens with two attached hydrogens (primary N) is 1. The molecule has 0 unspecified atom stereocenters. The molecule has 5 nitrogen and oxygen atoms in total. The van der Waals surface area contributed by atoms with Crippen LogP contribution in [0.15, 0.2) is 30.6 Å². The highest BCUT2D eigenvalue weighted by atomic mass is 19.1. The number of amides is 1. The highest BCUT2D eigenvalue weighted by Gasteiger charge is 2.11. The first-order valence-electron chi connectivity index (χ1n) is 6.45. The van der Waals surface area contributed by atoms with Gasteiger partial charge in [0.1, 0.15) is 11.6 Å². The predicted molar refractivity (Wildman–Crippen MR) is 77.0 cm³/mol. The lowest BCUT2D eigenvalue weighted by Gasteiger charge is -2.06. The Balaban J connectivity index is 2.04. The summed E-state index contributed by atoms with van der Waals surface area (Å²) in [6.45, 7) is 0.573. The van der Waals surface area contributed by atoms with Crippen LogP contribution in [0, 0.1) is 17.7 Å². The van der Waals surface area contributed by atoms with Gasteiger partial charge in [0.05, 0.1) is 12.1 Å². The number of halogens is 1. The zero-order chi connectivity index (χ0) is 15.1.